The van der Waals surface area contributed by atoms with E-state index >= 15 is 0 Å². The monoisotopic (exact) mass is 602 g/mol. The Morgan fingerprint density at radius 2 is 1.88 bits per heavy atom. The molecule has 1 aromatic heterocycles. The largest absolute Gasteiger partial charge is 0.481 e. The van der Waals surface area contributed by atoms with Gasteiger partial charge in [0.1, 0.15) is 4.21 Å². The quantitative estimate of drug-likeness (QED) is 0.272. The molecule has 14 nitrogen and oxygen atoms in total. The van der Waals surface area contributed by atoms with Gasteiger partial charge < -0.3 is 24.8 Å². The molecule has 16 heteroatoms. The van der Waals surface area contributed by atoms with Gasteiger partial charge in [0.05, 0.1) is 17.4 Å². The number of benzene rings is 2. The fourth-order valence-corrected chi connectivity index (χ4v) is 7.26. The number of nitrogens with one attached hydrogen (secondary N) is 1. The molecule has 2 aliphatic heterocycles. The lowest BCUT2D eigenvalue weighted by Crippen LogP contribution is -2.54. The number of sulfonamides is 1. The summed E-state index contributed by atoms with van der Waals surface area (Å²) in [5, 5.41) is 24.9. The van der Waals surface area contributed by atoms with Crippen molar-refractivity contribution in [2.24, 2.45) is 0 Å². The molecule has 0 spiro atoms. The molecule has 0 bridgehead atoms. The lowest BCUT2D eigenvalue weighted by molar-refractivity contribution is -0.384. The minimum atomic E-state index is -4.24. The van der Waals surface area contributed by atoms with Crippen molar-refractivity contribution >= 4 is 44.8 Å². The number of amides is 2. The molecular formula is C25H22N4O10S2. The van der Waals surface area contributed by atoms with Gasteiger partial charge in [0.2, 0.25) is 6.79 Å². The predicted molar refractivity (Wildman–Crippen MR) is 142 cm³/mol. The highest BCUT2D eigenvalue weighted by Gasteiger charge is 2.47. The first-order chi connectivity index (χ1) is 19.6. The Hall–Kier alpha value is -4.54. The van der Waals surface area contributed by atoms with Crippen molar-refractivity contribution in [2.75, 3.05) is 19.9 Å². The molecule has 5 rings (SSSR count). The van der Waals surface area contributed by atoms with Crippen LogP contribution in [0.2, 0.25) is 0 Å². The van der Waals surface area contributed by atoms with Gasteiger partial charge in [-0.3, -0.25) is 24.5 Å². The van der Waals surface area contributed by atoms with E-state index in [1.807, 2.05) is 0 Å². The van der Waals surface area contributed by atoms with Crippen molar-refractivity contribution in [3.8, 4) is 11.5 Å². The topological polar surface area (TPSA) is 186 Å². The summed E-state index contributed by atoms with van der Waals surface area (Å²) in [6, 6.07) is 11.1. The summed E-state index contributed by atoms with van der Waals surface area (Å²) in [5.41, 5.74) is -0.0908. The number of fused-ring (bicyclic) bond motifs is 1. The van der Waals surface area contributed by atoms with Crippen LogP contribution in [0, 0.1) is 10.1 Å². The summed E-state index contributed by atoms with van der Waals surface area (Å²) in [6.07, 6.45) is -2.34. The molecule has 2 aliphatic rings. The van der Waals surface area contributed by atoms with Crippen molar-refractivity contribution < 1.29 is 42.3 Å². The second-order valence-electron chi connectivity index (χ2n) is 9.00. The van der Waals surface area contributed by atoms with Gasteiger partial charge in [-0.05, 0) is 35.2 Å². The zero-order valence-corrected chi connectivity index (χ0v) is 22.7. The SMILES string of the molecule is O=C(O)CC(NC(=O)C1N(C(=O)c2ccc3c(c2)OCO3)CCN1S(=O)(=O)c1cccs1)c1cccc([N+](=O)[O-])c1. The van der Waals surface area contributed by atoms with Gasteiger partial charge in [-0.1, -0.05) is 18.2 Å². The number of rotatable bonds is 9. The molecule has 214 valence electrons. The van der Waals surface area contributed by atoms with Crippen LogP contribution in [0.15, 0.2) is 64.2 Å². The van der Waals surface area contributed by atoms with E-state index in [-0.39, 0.29) is 40.9 Å². The van der Waals surface area contributed by atoms with E-state index in [0.717, 1.165) is 26.6 Å². The van der Waals surface area contributed by atoms with E-state index in [2.05, 4.69) is 5.32 Å². The van der Waals surface area contributed by atoms with Crippen molar-refractivity contribution in [3.05, 3.63) is 81.2 Å². The van der Waals surface area contributed by atoms with Gasteiger partial charge in [-0.2, -0.15) is 4.31 Å². The van der Waals surface area contributed by atoms with E-state index < -0.39 is 51.4 Å². The standard InChI is InChI=1S/C25H22N4O10S2/c30-21(31)13-18(15-3-1-4-17(11-15)29(34)35)26-23(32)24-27(8-9-28(24)41(36,37)22-5-2-10-40-22)25(33)16-6-7-19-20(12-16)39-14-38-19/h1-7,10-12,18,24H,8-9,13-14H2,(H,26,32)(H,30,31). The number of carboxylic acids is 1. The zero-order chi connectivity index (χ0) is 29.3. The maximum atomic E-state index is 13.8. The summed E-state index contributed by atoms with van der Waals surface area (Å²) >= 11 is 0.937. The number of carbonyl (C=O) groups excluding carboxylic acids is 2. The molecule has 0 aliphatic carbocycles. The van der Waals surface area contributed by atoms with Crippen molar-refractivity contribution in [2.45, 2.75) is 22.8 Å². The minimum absolute atomic E-state index is 0.0306. The highest BCUT2D eigenvalue weighted by molar-refractivity contribution is 7.91. The highest BCUT2D eigenvalue weighted by Crippen LogP contribution is 2.34. The molecule has 1 fully saturated rings. The molecule has 2 N–H and O–H groups in total. The predicted octanol–water partition coefficient (Wildman–Crippen LogP) is 2.19. The van der Waals surface area contributed by atoms with Crippen molar-refractivity contribution in [1.82, 2.24) is 14.5 Å². The van der Waals surface area contributed by atoms with Gasteiger partial charge in [-0.15, -0.1) is 11.3 Å². The molecule has 3 heterocycles. The molecule has 1 saturated heterocycles. The van der Waals surface area contributed by atoms with Crippen LogP contribution in [0.5, 0.6) is 11.5 Å². The van der Waals surface area contributed by atoms with Crippen LogP contribution >= 0.6 is 11.3 Å². The number of nitro benzene ring substituents is 1. The molecule has 2 atom stereocenters. The number of carbonyl (C=O) groups is 3. The number of thiophene rings is 1. The molecule has 2 aromatic carbocycles. The summed E-state index contributed by atoms with van der Waals surface area (Å²) in [4.78, 5) is 50.8. The number of hydrogen-bond acceptors (Lipinski definition) is 10. The molecule has 41 heavy (non-hydrogen) atoms. The minimum Gasteiger partial charge on any atom is -0.481 e. The van der Waals surface area contributed by atoms with Crippen LogP contribution in [-0.2, 0) is 19.6 Å². The van der Waals surface area contributed by atoms with Crippen LogP contribution in [0.25, 0.3) is 0 Å². The van der Waals surface area contributed by atoms with E-state index in [1.54, 1.807) is 5.38 Å². The summed E-state index contributed by atoms with van der Waals surface area (Å²) in [5.74, 6) is -2.23. The van der Waals surface area contributed by atoms with E-state index in [4.69, 9.17) is 9.47 Å². The number of nitro groups is 1. The number of non-ortho nitro benzene ring substituents is 1. The van der Waals surface area contributed by atoms with Gasteiger partial charge in [0, 0.05) is 30.8 Å². The Morgan fingerprint density at radius 3 is 2.59 bits per heavy atom. The van der Waals surface area contributed by atoms with E-state index in [1.165, 1.54) is 48.5 Å². The number of aliphatic carboxylic acids is 1. The third-order valence-corrected chi connectivity index (χ3v) is 9.71. The van der Waals surface area contributed by atoms with Crippen LogP contribution < -0.4 is 14.8 Å². The third-order valence-electron chi connectivity index (χ3n) is 6.48. The molecule has 2 unspecified atom stereocenters. The van der Waals surface area contributed by atoms with Crippen molar-refractivity contribution in [1.29, 1.82) is 0 Å². The van der Waals surface area contributed by atoms with Gasteiger partial charge in [0.25, 0.3) is 27.5 Å². The van der Waals surface area contributed by atoms with Crippen LogP contribution in [0.3, 0.4) is 0 Å². The molecule has 2 amide bonds. The summed E-state index contributed by atoms with van der Waals surface area (Å²) < 4.78 is 38.5. The van der Waals surface area contributed by atoms with Crippen LogP contribution in [0.4, 0.5) is 5.69 Å². The lowest BCUT2D eigenvalue weighted by atomic mass is 10.0. The highest BCUT2D eigenvalue weighted by atomic mass is 32.2. The Morgan fingerprint density at radius 1 is 1.10 bits per heavy atom. The first kappa shape index (κ1) is 28.0. The van der Waals surface area contributed by atoms with Crippen molar-refractivity contribution in [3.63, 3.8) is 0 Å². The fraction of sp³-hybridized carbons (Fsp3) is 0.240. The van der Waals surface area contributed by atoms with Crippen LogP contribution in [-0.4, -0.2) is 71.5 Å². The average Bonchev–Trinajstić information content (AvgIpc) is 3.72. The Labute approximate surface area is 236 Å². The zero-order valence-electron chi connectivity index (χ0n) is 21.0. The number of hydrogen-bond donors (Lipinski definition) is 2. The fourth-order valence-electron chi connectivity index (χ4n) is 4.59. The first-order valence-electron chi connectivity index (χ1n) is 12.1. The maximum Gasteiger partial charge on any atom is 0.305 e. The van der Waals surface area contributed by atoms with E-state index in [9.17, 15) is 38.0 Å². The van der Waals surface area contributed by atoms with Gasteiger partial charge in [0.15, 0.2) is 17.7 Å². The number of nitrogens with zero attached hydrogens (tertiary/aromatic N) is 3. The second kappa shape index (κ2) is 11.1. The first-order valence-corrected chi connectivity index (χ1v) is 14.4. The smallest absolute Gasteiger partial charge is 0.305 e. The Bertz CT molecular complexity index is 1630. The van der Waals surface area contributed by atoms with Crippen LogP contribution in [0.1, 0.15) is 28.4 Å². The number of carboxylic acid groups (broad SMARTS) is 1. The Kier molecular flexibility index (Phi) is 7.61. The summed E-state index contributed by atoms with van der Waals surface area (Å²) in [7, 11) is -4.24. The van der Waals surface area contributed by atoms with E-state index in [0.29, 0.717) is 11.5 Å². The number of ether oxygens (including phenoxy) is 2. The molecular weight excluding hydrogens is 580 g/mol. The van der Waals surface area contributed by atoms with Gasteiger partial charge >= 0.3 is 5.97 Å². The Balaban J connectivity index is 1.51. The summed E-state index contributed by atoms with van der Waals surface area (Å²) in [6.45, 7) is -0.386. The molecule has 3 aromatic rings. The maximum absolute atomic E-state index is 13.8. The van der Waals surface area contributed by atoms with Gasteiger partial charge in [-0.25, -0.2) is 8.42 Å². The molecule has 0 saturated carbocycles. The second-order valence-corrected chi connectivity index (χ2v) is 12.1. The lowest BCUT2D eigenvalue weighted by Gasteiger charge is -2.30. The average molecular weight is 603 g/mol. The molecule has 0 radical (unpaired) electrons. The normalized spacial score (nSPS) is 17.3. The third kappa shape index (κ3) is 5.57.